The molecule has 3 aromatic rings. The van der Waals surface area contributed by atoms with Crippen LogP contribution >= 0.6 is 23.2 Å². The summed E-state index contributed by atoms with van der Waals surface area (Å²) in [4.78, 5) is 25.1. The van der Waals surface area contributed by atoms with Crippen LogP contribution in [0, 0.1) is 33.5 Å². The normalized spacial score (nSPS) is 11.4. The first kappa shape index (κ1) is 52.8. The summed E-state index contributed by atoms with van der Waals surface area (Å²) < 4.78 is 11.0. The third kappa shape index (κ3) is 23.0. The molecule has 0 fully saturated rings. The number of guanidine groups is 4. The highest BCUT2D eigenvalue weighted by Crippen LogP contribution is 2.19. The first-order valence-corrected chi connectivity index (χ1v) is 22.5. The molecular weight excluding hydrogens is 827 g/mol. The fourth-order valence-electron chi connectivity index (χ4n) is 5.96. The summed E-state index contributed by atoms with van der Waals surface area (Å²) in [5.74, 6) is -0.0405. The van der Waals surface area contributed by atoms with Gasteiger partial charge in [-0.05, 0) is 98.2 Å². The van der Waals surface area contributed by atoms with Gasteiger partial charge in [-0.15, -0.1) is 0 Å². The smallest absolute Gasteiger partial charge is 0.339 e. The third-order valence-corrected chi connectivity index (χ3v) is 10.3. The first-order valence-electron chi connectivity index (χ1n) is 21.7. The summed E-state index contributed by atoms with van der Waals surface area (Å²) in [6.45, 7) is 10.6. The van der Waals surface area contributed by atoms with Crippen LogP contribution in [-0.4, -0.2) is 62.1 Å². The van der Waals surface area contributed by atoms with Crippen molar-refractivity contribution in [2.45, 2.75) is 105 Å². The summed E-state index contributed by atoms with van der Waals surface area (Å²) >= 11 is 11.7. The molecule has 3 rings (SSSR count). The van der Waals surface area contributed by atoms with E-state index in [0.29, 0.717) is 70.7 Å². The van der Waals surface area contributed by atoms with Gasteiger partial charge in [0.25, 0.3) is 0 Å². The van der Waals surface area contributed by atoms with E-state index < -0.39 is 11.9 Å². The number of carbonyl (C=O) groups excluding carboxylic acids is 2. The second-order valence-corrected chi connectivity index (χ2v) is 15.7. The Morgan fingerprint density at radius 2 is 0.903 bits per heavy atom. The van der Waals surface area contributed by atoms with Gasteiger partial charge in [-0.1, -0.05) is 114 Å². The van der Waals surface area contributed by atoms with Gasteiger partial charge in [0.1, 0.15) is 0 Å². The number of halogens is 2. The van der Waals surface area contributed by atoms with E-state index in [9.17, 15) is 9.59 Å². The number of benzene rings is 3. The maximum absolute atomic E-state index is 12.6. The SMILES string of the molecule is CCCCC(CC)COC(=O)c1ccccc1C(=O)OCC(CC)CCCC.N=C(NCCCCCCNC(=N)NC(=N)Nc1ccc(Cl)cc1)NC(=N)Nc1ccc(Cl)cc1. The van der Waals surface area contributed by atoms with Crippen LogP contribution < -0.4 is 31.9 Å². The first-order chi connectivity index (χ1) is 29.9. The Balaban J connectivity index is 0.000000435. The number of unbranched alkanes of at least 4 members (excludes halogenated alkanes) is 5. The van der Waals surface area contributed by atoms with Gasteiger partial charge in [0.05, 0.1) is 24.3 Å². The zero-order chi connectivity index (χ0) is 45.5. The van der Waals surface area contributed by atoms with Crippen molar-refractivity contribution in [2.24, 2.45) is 11.8 Å². The molecule has 0 aliphatic carbocycles. The summed E-state index contributed by atoms with van der Waals surface area (Å²) in [6, 6.07) is 20.7. The lowest BCUT2D eigenvalue weighted by molar-refractivity contribution is 0.0381. The van der Waals surface area contributed by atoms with Crippen LogP contribution in [0.25, 0.3) is 0 Å². The van der Waals surface area contributed by atoms with E-state index >= 15 is 0 Å². The van der Waals surface area contributed by atoms with E-state index in [1.807, 2.05) is 0 Å². The Labute approximate surface area is 378 Å². The predicted octanol–water partition coefficient (Wildman–Crippen LogP) is 10.6. The quantitative estimate of drug-likeness (QED) is 0.0188. The average Bonchev–Trinajstić information content (AvgIpc) is 3.26. The number of nitrogens with one attached hydrogen (secondary N) is 10. The zero-order valence-corrected chi connectivity index (χ0v) is 38.3. The Morgan fingerprint density at radius 1 is 0.532 bits per heavy atom. The number of hydrogen-bond acceptors (Lipinski definition) is 8. The molecule has 3 aromatic carbocycles. The second kappa shape index (κ2) is 31.5. The van der Waals surface area contributed by atoms with Crippen molar-refractivity contribution in [1.29, 1.82) is 21.6 Å². The van der Waals surface area contributed by atoms with Crippen LogP contribution in [0.15, 0.2) is 72.8 Å². The molecule has 62 heavy (non-hydrogen) atoms. The summed E-state index contributed by atoms with van der Waals surface area (Å²) in [5, 5.41) is 49.5. The molecule has 0 heterocycles. The molecule has 0 amide bonds. The number of rotatable bonds is 23. The van der Waals surface area contributed by atoms with Crippen LogP contribution in [-0.2, 0) is 9.47 Å². The predicted molar refractivity (Wildman–Crippen MR) is 255 cm³/mol. The van der Waals surface area contributed by atoms with E-state index in [1.54, 1.807) is 72.8 Å². The molecule has 0 aliphatic rings. The van der Waals surface area contributed by atoms with Crippen molar-refractivity contribution < 1.29 is 19.1 Å². The number of hydrogen-bond donors (Lipinski definition) is 10. The lowest BCUT2D eigenvalue weighted by Crippen LogP contribution is -2.43. The molecule has 14 nitrogen and oxygen atoms in total. The fraction of sp³-hybridized carbons (Fsp3) is 0.478. The summed E-state index contributed by atoms with van der Waals surface area (Å²) in [6.07, 6.45) is 12.3. The maximum Gasteiger partial charge on any atom is 0.339 e. The molecule has 0 spiro atoms. The highest BCUT2D eigenvalue weighted by atomic mass is 35.5. The minimum absolute atomic E-state index is 0.00148. The average molecular weight is 896 g/mol. The lowest BCUT2D eigenvalue weighted by Gasteiger charge is -2.17. The molecule has 2 unspecified atom stereocenters. The van der Waals surface area contributed by atoms with Gasteiger partial charge in [-0.3, -0.25) is 32.3 Å². The molecular formula is C46H68Cl2N10O4. The van der Waals surface area contributed by atoms with Crippen molar-refractivity contribution in [3.8, 4) is 0 Å². The Bertz CT molecular complexity index is 1680. The van der Waals surface area contributed by atoms with Gasteiger partial charge >= 0.3 is 11.9 Å². The van der Waals surface area contributed by atoms with Gasteiger partial charge < -0.3 is 30.7 Å². The highest BCUT2D eigenvalue weighted by Gasteiger charge is 2.21. The Kier molecular flexibility index (Phi) is 26.8. The van der Waals surface area contributed by atoms with Crippen molar-refractivity contribution in [3.05, 3.63) is 94.0 Å². The lowest BCUT2D eigenvalue weighted by atomic mass is 10.0. The number of ether oxygens (including phenoxy) is 2. The van der Waals surface area contributed by atoms with E-state index in [4.69, 9.17) is 54.3 Å². The second-order valence-electron chi connectivity index (χ2n) is 14.9. The molecule has 0 bridgehead atoms. The summed E-state index contributed by atoms with van der Waals surface area (Å²) in [5.41, 5.74) is 2.00. The van der Waals surface area contributed by atoms with E-state index in [2.05, 4.69) is 59.6 Å². The van der Waals surface area contributed by atoms with Crippen LogP contribution in [0.4, 0.5) is 11.4 Å². The van der Waals surface area contributed by atoms with Crippen LogP contribution in [0.1, 0.15) is 125 Å². The van der Waals surface area contributed by atoms with Crippen molar-refractivity contribution in [3.63, 3.8) is 0 Å². The van der Waals surface area contributed by atoms with Gasteiger partial charge in [-0.2, -0.15) is 0 Å². The zero-order valence-electron chi connectivity index (χ0n) is 36.8. The molecule has 10 N–H and O–H groups in total. The van der Waals surface area contributed by atoms with Crippen LogP contribution in [0.5, 0.6) is 0 Å². The van der Waals surface area contributed by atoms with Gasteiger partial charge in [0.15, 0.2) is 23.8 Å². The van der Waals surface area contributed by atoms with E-state index in [0.717, 1.165) is 77.0 Å². The minimum atomic E-state index is -0.444. The van der Waals surface area contributed by atoms with E-state index in [-0.39, 0.29) is 23.8 Å². The third-order valence-electron chi connectivity index (χ3n) is 9.79. The largest absolute Gasteiger partial charge is 0.462 e. The number of anilines is 2. The number of carbonyl (C=O) groups is 2. The van der Waals surface area contributed by atoms with Crippen LogP contribution in [0.3, 0.4) is 0 Å². The maximum atomic E-state index is 12.6. The molecule has 0 saturated carbocycles. The fourth-order valence-corrected chi connectivity index (χ4v) is 6.22. The Morgan fingerprint density at radius 3 is 1.24 bits per heavy atom. The van der Waals surface area contributed by atoms with Gasteiger partial charge in [0.2, 0.25) is 0 Å². The minimum Gasteiger partial charge on any atom is -0.462 e. The number of esters is 2. The van der Waals surface area contributed by atoms with Gasteiger partial charge in [0, 0.05) is 34.5 Å². The van der Waals surface area contributed by atoms with Crippen molar-refractivity contribution in [1.82, 2.24) is 21.3 Å². The summed E-state index contributed by atoms with van der Waals surface area (Å²) in [7, 11) is 0. The molecule has 0 aromatic heterocycles. The molecule has 0 saturated heterocycles. The van der Waals surface area contributed by atoms with Crippen LogP contribution in [0.2, 0.25) is 10.0 Å². The molecule has 0 radical (unpaired) electrons. The molecule has 2 atom stereocenters. The van der Waals surface area contributed by atoms with Crippen molar-refractivity contribution in [2.75, 3.05) is 36.9 Å². The molecule has 0 aliphatic heterocycles. The van der Waals surface area contributed by atoms with E-state index in [1.165, 1.54) is 0 Å². The van der Waals surface area contributed by atoms with Gasteiger partial charge in [-0.25, -0.2) is 9.59 Å². The Hall–Kier alpha value is -5.34. The monoisotopic (exact) mass is 894 g/mol. The highest BCUT2D eigenvalue weighted by molar-refractivity contribution is 6.31. The standard InChI is InChI=1S/C24H38O4.C22H30Cl2N10/c1-5-9-13-19(7-3)17-27-23(25)21-15-11-12-16-22(21)24(26)28-18-20(8-4)14-10-6-2;23-15-5-9-17(10-6-15)31-21(27)33-19(25)29-13-3-1-2-4-14-30-20(26)34-22(28)32-18-11-7-16(24)8-12-18/h11-12,15-16,19-20H,5-10,13-14,17-18H2,1-4H3;5-12H,1-4,13-14H2,(H5,25,27,29,31,33)(H5,26,28,30,32,34). The topological polar surface area (TPSA) is 220 Å². The van der Waals surface area contributed by atoms with Crippen molar-refractivity contribution >= 4 is 70.4 Å². The molecule has 16 heteroatoms. The molecule has 340 valence electrons.